The van der Waals surface area contributed by atoms with Gasteiger partial charge in [-0.15, -0.1) is 0 Å². The molecular formula is C16H16OS. The summed E-state index contributed by atoms with van der Waals surface area (Å²) in [6.45, 7) is 0. The lowest BCUT2D eigenvalue weighted by atomic mass is 10.0. The van der Waals surface area contributed by atoms with Gasteiger partial charge in [0.1, 0.15) is 0 Å². The van der Waals surface area contributed by atoms with E-state index < -0.39 is 0 Å². The van der Waals surface area contributed by atoms with E-state index in [-0.39, 0.29) is 0 Å². The quantitative estimate of drug-likeness (QED) is 0.761. The first kappa shape index (κ1) is 11.8. The van der Waals surface area contributed by atoms with Crippen LogP contribution < -0.4 is 0 Å². The molecule has 0 bridgehead atoms. The molecule has 1 aliphatic rings. The second-order valence-corrected chi connectivity index (χ2v) is 6.23. The molecule has 0 aromatic heterocycles. The third-order valence-electron chi connectivity index (χ3n) is 3.51. The fraction of sp³-hybridized carbons (Fsp3) is 0.312. The van der Waals surface area contributed by atoms with Crippen LogP contribution in [0.4, 0.5) is 0 Å². The molecule has 1 nitrogen and oxygen atoms in total. The van der Waals surface area contributed by atoms with Gasteiger partial charge in [0.05, 0.1) is 0 Å². The van der Waals surface area contributed by atoms with Crippen molar-refractivity contribution in [1.82, 2.24) is 0 Å². The Morgan fingerprint density at radius 2 is 2.00 bits per heavy atom. The van der Waals surface area contributed by atoms with Crippen molar-refractivity contribution in [2.75, 3.05) is 5.75 Å². The van der Waals surface area contributed by atoms with Crippen molar-refractivity contribution < 1.29 is 4.79 Å². The summed E-state index contributed by atoms with van der Waals surface area (Å²) in [6.07, 6.45) is 3.16. The summed E-state index contributed by atoms with van der Waals surface area (Å²) >= 11 is 1.95. The van der Waals surface area contributed by atoms with Gasteiger partial charge in [-0.1, -0.05) is 36.4 Å². The van der Waals surface area contributed by atoms with E-state index in [0.29, 0.717) is 17.5 Å². The van der Waals surface area contributed by atoms with E-state index in [1.807, 2.05) is 42.1 Å². The molecule has 0 radical (unpaired) electrons. The van der Waals surface area contributed by atoms with Crippen LogP contribution in [0.3, 0.4) is 0 Å². The molecule has 1 saturated heterocycles. The highest BCUT2D eigenvalue weighted by molar-refractivity contribution is 8.00. The van der Waals surface area contributed by atoms with Crippen LogP contribution in [0.15, 0.2) is 42.5 Å². The Bertz CT molecular complexity index is 570. The predicted octanol–water partition coefficient (Wildman–Crippen LogP) is 4.31. The van der Waals surface area contributed by atoms with Crippen molar-refractivity contribution in [3.63, 3.8) is 0 Å². The number of carbonyl (C=O) groups excluding carboxylic acids is 1. The lowest BCUT2D eigenvalue weighted by molar-refractivity contribution is 0.0982. The average molecular weight is 256 g/mol. The van der Waals surface area contributed by atoms with Crippen molar-refractivity contribution in [2.45, 2.75) is 24.5 Å². The van der Waals surface area contributed by atoms with Gasteiger partial charge in [0.25, 0.3) is 0 Å². The van der Waals surface area contributed by atoms with Crippen LogP contribution in [0.5, 0.6) is 0 Å². The summed E-state index contributed by atoms with van der Waals surface area (Å²) in [5, 5.41) is 2.90. The Morgan fingerprint density at radius 1 is 1.17 bits per heavy atom. The molecule has 0 aliphatic carbocycles. The zero-order chi connectivity index (χ0) is 12.4. The largest absolute Gasteiger partial charge is 0.294 e. The smallest absolute Gasteiger partial charge is 0.163 e. The number of hydrogen-bond acceptors (Lipinski definition) is 2. The molecule has 18 heavy (non-hydrogen) atoms. The van der Waals surface area contributed by atoms with E-state index in [1.165, 1.54) is 24.0 Å². The van der Waals surface area contributed by atoms with Crippen molar-refractivity contribution in [3.8, 4) is 0 Å². The zero-order valence-corrected chi connectivity index (χ0v) is 11.1. The molecule has 1 fully saturated rings. The summed E-state index contributed by atoms with van der Waals surface area (Å²) in [4.78, 5) is 12.2. The normalized spacial score (nSPS) is 19.2. The minimum absolute atomic E-state index is 0.292. The third kappa shape index (κ3) is 2.44. The van der Waals surface area contributed by atoms with Gasteiger partial charge in [0.15, 0.2) is 5.78 Å². The number of hydrogen-bond donors (Lipinski definition) is 0. The van der Waals surface area contributed by atoms with Crippen LogP contribution in [0.25, 0.3) is 10.8 Å². The molecule has 2 aromatic rings. The number of carbonyl (C=O) groups is 1. The molecule has 0 amide bonds. The first-order valence-corrected chi connectivity index (χ1v) is 7.51. The summed E-state index contributed by atoms with van der Waals surface area (Å²) < 4.78 is 0. The first-order chi connectivity index (χ1) is 8.83. The van der Waals surface area contributed by atoms with E-state index in [2.05, 4.69) is 12.1 Å². The van der Waals surface area contributed by atoms with Gasteiger partial charge in [0, 0.05) is 17.2 Å². The van der Waals surface area contributed by atoms with Crippen molar-refractivity contribution in [3.05, 3.63) is 48.0 Å². The van der Waals surface area contributed by atoms with Gasteiger partial charge in [-0.2, -0.15) is 11.8 Å². The molecular weight excluding hydrogens is 240 g/mol. The van der Waals surface area contributed by atoms with Crippen LogP contribution in [0.2, 0.25) is 0 Å². The Kier molecular flexibility index (Phi) is 3.37. The molecule has 1 heterocycles. The van der Waals surface area contributed by atoms with Gasteiger partial charge < -0.3 is 0 Å². The van der Waals surface area contributed by atoms with Gasteiger partial charge >= 0.3 is 0 Å². The predicted molar refractivity (Wildman–Crippen MR) is 78.4 cm³/mol. The SMILES string of the molecule is O=C(CC1CCCS1)c1ccc2ccccc2c1. The maximum Gasteiger partial charge on any atom is 0.163 e. The highest BCUT2D eigenvalue weighted by Crippen LogP contribution is 2.30. The van der Waals surface area contributed by atoms with Crippen LogP contribution in [0, 0.1) is 0 Å². The second-order valence-electron chi connectivity index (χ2n) is 4.82. The molecule has 0 N–H and O–H groups in total. The van der Waals surface area contributed by atoms with Crippen LogP contribution >= 0.6 is 11.8 Å². The second kappa shape index (κ2) is 5.15. The molecule has 1 unspecified atom stereocenters. The van der Waals surface area contributed by atoms with Gasteiger partial charge in [-0.25, -0.2) is 0 Å². The van der Waals surface area contributed by atoms with Gasteiger partial charge in [0.2, 0.25) is 0 Å². The van der Waals surface area contributed by atoms with E-state index in [1.54, 1.807) is 0 Å². The Morgan fingerprint density at radius 3 is 2.78 bits per heavy atom. The van der Waals surface area contributed by atoms with Crippen molar-refractivity contribution in [2.24, 2.45) is 0 Å². The van der Waals surface area contributed by atoms with Crippen molar-refractivity contribution in [1.29, 1.82) is 0 Å². The lowest BCUT2D eigenvalue weighted by Crippen LogP contribution is -2.07. The molecule has 2 heteroatoms. The summed E-state index contributed by atoms with van der Waals surface area (Å²) in [5.41, 5.74) is 0.862. The van der Waals surface area contributed by atoms with Crippen LogP contribution in [-0.2, 0) is 0 Å². The summed E-state index contributed by atoms with van der Waals surface area (Å²) in [6, 6.07) is 14.2. The van der Waals surface area contributed by atoms with E-state index >= 15 is 0 Å². The minimum Gasteiger partial charge on any atom is -0.294 e. The fourth-order valence-electron chi connectivity index (χ4n) is 2.49. The molecule has 2 aromatic carbocycles. The van der Waals surface area contributed by atoms with Gasteiger partial charge in [-0.3, -0.25) is 4.79 Å². The number of thioether (sulfide) groups is 1. The van der Waals surface area contributed by atoms with E-state index in [0.717, 1.165) is 10.9 Å². The van der Waals surface area contributed by atoms with Crippen LogP contribution in [0.1, 0.15) is 29.6 Å². The molecule has 1 atom stereocenters. The maximum absolute atomic E-state index is 12.2. The van der Waals surface area contributed by atoms with Crippen molar-refractivity contribution >= 4 is 28.3 Å². The molecule has 0 saturated carbocycles. The standard InChI is InChI=1S/C16H16OS/c17-16(11-15-6-3-9-18-15)14-8-7-12-4-1-2-5-13(12)10-14/h1-2,4-5,7-8,10,15H,3,6,9,11H2. The number of benzene rings is 2. The van der Waals surface area contributed by atoms with Crippen LogP contribution in [-0.4, -0.2) is 16.8 Å². The number of rotatable bonds is 3. The Hall–Kier alpha value is -1.28. The molecule has 1 aliphatic heterocycles. The summed E-state index contributed by atoms with van der Waals surface area (Å²) in [5.74, 6) is 1.51. The first-order valence-electron chi connectivity index (χ1n) is 6.46. The molecule has 0 spiro atoms. The number of Topliss-reactive ketones (excluding diaryl/α,β-unsaturated/α-hetero) is 1. The van der Waals surface area contributed by atoms with Gasteiger partial charge in [-0.05, 0) is 35.4 Å². The fourth-order valence-corrected chi connectivity index (χ4v) is 3.76. The Balaban J connectivity index is 1.82. The monoisotopic (exact) mass is 256 g/mol. The zero-order valence-electron chi connectivity index (χ0n) is 10.3. The number of ketones is 1. The van der Waals surface area contributed by atoms with E-state index in [4.69, 9.17) is 0 Å². The molecule has 92 valence electrons. The maximum atomic E-state index is 12.2. The lowest BCUT2D eigenvalue weighted by Gasteiger charge is -2.08. The minimum atomic E-state index is 0.292. The summed E-state index contributed by atoms with van der Waals surface area (Å²) in [7, 11) is 0. The van der Waals surface area contributed by atoms with E-state index in [9.17, 15) is 4.79 Å². The number of fused-ring (bicyclic) bond motifs is 1. The highest BCUT2D eigenvalue weighted by atomic mass is 32.2. The topological polar surface area (TPSA) is 17.1 Å². The highest BCUT2D eigenvalue weighted by Gasteiger charge is 2.19. The Labute approximate surface area is 112 Å². The molecule has 3 rings (SSSR count). The third-order valence-corrected chi connectivity index (χ3v) is 4.91. The average Bonchev–Trinajstić information content (AvgIpc) is 2.91.